The minimum absolute atomic E-state index is 0.0872. The highest BCUT2D eigenvalue weighted by Gasteiger charge is 2.21. The van der Waals surface area contributed by atoms with Crippen LogP contribution in [0.5, 0.6) is 0 Å². The first-order chi connectivity index (χ1) is 8.29. The molecule has 0 radical (unpaired) electrons. The Labute approximate surface area is 111 Å². The Balaban J connectivity index is 2.04. The number of benzene rings is 1. The van der Waals surface area contributed by atoms with Gasteiger partial charge in [-0.1, -0.05) is 28.1 Å². The third-order valence-electron chi connectivity index (χ3n) is 2.85. The van der Waals surface area contributed by atoms with Gasteiger partial charge in [-0.2, -0.15) is 0 Å². The summed E-state index contributed by atoms with van der Waals surface area (Å²) in [7, 11) is 1.94. The van der Waals surface area contributed by atoms with Crippen LogP contribution in [0, 0.1) is 0 Å². The van der Waals surface area contributed by atoms with Crippen molar-refractivity contribution in [3.05, 3.63) is 34.3 Å². The number of hydrogen-bond acceptors (Lipinski definition) is 3. The standard InChI is InChI=1S/C13H18BrNO2/c1-15-8-13(17-12-5-6-16-9-12)10-3-2-4-11(14)7-10/h2-4,7,12-13,15H,5-6,8-9H2,1H3. The maximum Gasteiger partial charge on any atom is 0.0954 e. The van der Waals surface area contributed by atoms with E-state index in [1.54, 1.807) is 0 Å². The van der Waals surface area contributed by atoms with E-state index in [0.29, 0.717) is 6.61 Å². The second kappa shape index (κ2) is 6.50. The molecule has 0 amide bonds. The van der Waals surface area contributed by atoms with Gasteiger partial charge in [-0.15, -0.1) is 0 Å². The third kappa shape index (κ3) is 3.78. The molecule has 94 valence electrons. The third-order valence-corrected chi connectivity index (χ3v) is 3.35. The van der Waals surface area contributed by atoms with Crippen LogP contribution in [0.3, 0.4) is 0 Å². The summed E-state index contributed by atoms with van der Waals surface area (Å²) in [6.45, 7) is 2.34. The molecule has 1 N–H and O–H groups in total. The molecule has 1 fully saturated rings. The van der Waals surface area contributed by atoms with E-state index < -0.39 is 0 Å². The second-order valence-corrected chi connectivity index (χ2v) is 5.14. The van der Waals surface area contributed by atoms with Crippen LogP contribution < -0.4 is 5.32 Å². The molecule has 3 nitrogen and oxygen atoms in total. The van der Waals surface area contributed by atoms with Crippen LogP contribution in [0.4, 0.5) is 0 Å². The molecule has 17 heavy (non-hydrogen) atoms. The Morgan fingerprint density at radius 2 is 2.47 bits per heavy atom. The fraction of sp³-hybridized carbons (Fsp3) is 0.538. The minimum atomic E-state index is 0.0872. The Kier molecular flexibility index (Phi) is 4.98. The van der Waals surface area contributed by atoms with Gasteiger partial charge in [0.05, 0.1) is 18.8 Å². The molecular weight excluding hydrogens is 282 g/mol. The Bertz CT molecular complexity index is 353. The molecule has 1 saturated heterocycles. The van der Waals surface area contributed by atoms with Gasteiger partial charge in [-0.3, -0.25) is 0 Å². The van der Waals surface area contributed by atoms with Crippen molar-refractivity contribution >= 4 is 15.9 Å². The Hall–Kier alpha value is -0.420. The summed E-state index contributed by atoms with van der Waals surface area (Å²) in [5.41, 5.74) is 1.20. The van der Waals surface area contributed by atoms with Gasteiger partial charge in [0.15, 0.2) is 0 Å². The number of ether oxygens (including phenoxy) is 2. The monoisotopic (exact) mass is 299 g/mol. The molecule has 2 atom stereocenters. The lowest BCUT2D eigenvalue weighted by atomic mass is 10.1. The smallest absolute Gasteiger partial charge is 0.0954 e. The van der Waals surface area contributed by atoms with E-state index in [-0.39, 0.29) is 12.2 Å². The van der Waals surface area contributed by atoms with Gasteiger partial charge in [-0.25, -0.2) is 0 Å². The maximum absolute atomic E-state index is 6.08. The lowest BCUT2D eigenvalue weighted by Crippen LogP contribution is -2.25. The molecule has 1 aromatic rings. The summed E-state index contributed by atoms with van der Waals surface area (Å²) < 4.78 is 12.5. The van der Waals surface area contributed by atoms with E-state index in [1.807, 2.05) is 19.2 Å². The highest BCUT2D eigenvalue weighted by atomic mass is 79.9. The van der Waals surface area contributed by atoms with Crippen molar-refractivity contribution in [1.82, 2.24) is 5.32 Å². The number of halogens is 1. The van der Waals surface area contributed by atoms with Crippen molar-refractivity contribution in [3.8, 4) is 0 Å². The van der Waals surface area contributed by atoms with Gasteiger partial charge in [0.25, 0.3) is 0 Å². The van der Waals surface area contributed by atoms with Gasteiger partial charge >= 0.3 is 0 Å². The molecule has 1 aliphatic rings. The zero-order chi connectivity index (χ0) is 12.1. The molecule has 1 aromatic carbocycles. The highest BCUT2D eigenvalue weighted by molar-refractivity contribution is 9.10. The van der Waals surface area contributed by atoms with E-state index in [1.165, 1.54) is 5.56 Å². The van der Waals surface area contributed by atoms with Crippen LogP contribution in [-0.2, 0) is 9.47 Å². The first-order valence-electron chi connectivity index (χ1n) is 5.93. The Morgan fingerprint density at radius 3 is 3.12 bits per heavy atom. The van der Waals surface area contributed by atoms with Crippen molar-refractivity contribution in [3.63, 3.8) is 0 Å². The Morgan fingerprint density at radius 1 is 1.59 bits per heavy atom. The van der Waals surface area contributed by atoms with E-state index >= 15 is 0 Å². The molecular formula is C13H18BrNO2. The van der Waals surface area contributed by atoms with Gasteiger partial charge in [0, 0.05) is 17.6 Å². The summed E-state index contributed by atoms with van der Waals surface area (Å²) in [6.07, 6.45) is 1.31. The van der Waals surface area contributed by atoms with Crippen LogP contribution in [0.2, 0.25) is 0 Å². The van der Waals surface area contributed by atoms with Crippen LogP contribution in [0.25, 0.3) is 0 Å². The zero-order valence-electron chi connectivity index (χ0n) is 9.99. The van der Waals surface area contributed by atoms with E-state index in [0.717, 1.165) is 24.0 Å². The average molecular weight is 300 g/mol. The van der Waals surface area contributed by atoms with Crippen molar-refractivity contribution in [1.29, 1.82) is 0 Å². The van der Waals surface area contributed by atoms with E-state index in [2.05, 4.69) is 33.4 Å². The summed E-state index contributed by atoms with van der Waals surface area (Å²) in [4.78, 5) is 0. The summed E-state index contributed by atoms with van der Waals surface area (Å²) in [5.74, 6) is 0. The molecule has 0 aromatic heterocycles. The number of hydrogen-bond donors (Lipinski definition) is 1. The van der Waals surface area contributed by atoms with Crippen LogP contribution >= 0.6 is 15.9 Å². The topological polar surface area (TPSA) is 30.5 Å². The fourth-order valence-electron chi connectivity index (χ4n) is 1.99. The lowest BCUT2D eigenvalue weighted by molar-refractivity contribution is -0.0156. The van der Waals surface area contributed by atoms with Gasteiger partial charge in [0.1, 0.15) is 0 Å². The summed E-state index contributed by atoms with van der Waals surface area (Å²) in [5, 5.41) is 3.18. The van der Waals surface area contributed by atoms with Crippen LogP contribution in [0.1, 0.15) is 18.1 Å². The molecule has 0 spiro atoms. The number of nitrogens with one attached hydrogen (secondary N) is 1. The van der Waals surface area contributed by atoms with Gasteiger partial charge in [-0.05, 0) is 31.2 Å². The van der Waals surface area contributed by atoms with Crippen LogP contribution in [-0.4, -0.2) is 32.9 Å². The first kappa shape index (κ1) is 13.0. The molecule has 0 saturated carbocycles. The normalized spacial score (nSPS) is 21.6. The fourth-order valence-corrected chi connectivity index (χ4v) is 2.41. The lowest BCUT2D eigenvalue weighted by Gasteiger charge is -2.21. The number of likely N-dealkylation sites (N-methyl/N-ethyl adjacent to an activating group) is 1. The molecule has 0 bridgehead atoms. The first-order valence-corrected chi connectivity index (χ1v) is 6.72. The number of rotatable bonds is 5. The van der Waals surface area contributed by atoms with Crippen molar-refractivity contribution in [2.75, 3.05) is 26.8 Å². The zero-order valence-corrected chi connectivity index (χ0v) is 11.6. The highest BCUT2D eigenvalue weighted by Crippen LogP contribution is 2.24. The quantitative estimate of drug-likeness (QED) is 0.906. The average Bonchev–Trinajstić information content (AvgIpc) is 2.81. The molecule has 1 aliphatic heterocycles. The van der Waals surface area contributed by atoms with Crippen molar-refractivity contribution in [2.45, 2.75) is 18.6 Å². The van der Waals surface area contributed by atoms with E-state index in [9.17, 15) is 0 Å². The molecule has 4 heteroatoms. The predicted molar refractivity (Wildman–Crippen MR) is 71.1 cm³/mol. The predicted octanol–water partition coefficient (Wildman–Crippen LogP) is 2.52. The molecule has 0 aliphatic carbocycles. The largest absolute Gasteiger partial charge is 0.379 e. The van der Waals surface area contributed by atoms with Crippen LogP contribution in [0.15, 0.2) is 28.7 Å². The van der Waals surface area contributed by atoms with Gasteiger partial charge in [0.2, 0.25) is 0 Å². The maximum atomic E-state index is 6.08. The summed E-state index contributed by atoms with van der Waals surface area (Å²) in [6, 6.07) is 8.27. The van der Waals surface area contributed by atoms with E-state index in [4.69, 9.17) is 9.47 Å². The molecule has 2 unspecified atom stereocenters. The molecule has 2 rings (SSSR count). The van der Waals surface area contributed by atoms with Crippen molar-refractivity contribution < 1.29 is 9.47 Å². The SMILES string of the molecule is CNCC(OC1CCOC1)c1cccc(Br)c1. The molecule has 1 heterocycles. The minimum Gasteiger partial charge on any atom is -0.379 e. The summed E-state index contributed by atoms with van der Waals surface area (Å²) >= 11 is 3.49. The second-order valence-electron chi connectivity index (χ2n) is 4.22. The van der Waals surface area contributed by atoms with Gasteiger partial charge < -0.3 is 14.8 Å². The van der Waals surface area contributed by atoms with Crippen molar-refractivity contribution in [2.24, 2.45) is 0 Å².